The molecule has 1 aliphatic rings. The van der Waals surface area contributed by atoms with E-state index in [1.165, 1.54) is 0 Å². The molecule has 9 nitrogen and oxygen atoms in total. The second kappa shape index (κ2) is 11.6. The maximum absolute atomic E-state index is 12.9. The third kappa shape index (κ3) is 6.70. The van der Waals surface area contributed by atoms with Crippen LogP contribution in [0.4, 0.5) is 5.69 Å². The molecule has 9 heteroatoms. The Morgan fingerprint density at radius 1 is 1.31 bits per heavy atom. The molecular weight excluding hydrogens is 378 g/mol. The summed E-state index contributed by atoms with van der Waals surface area (Å²) in [6.45, 7) is 7.37. The van der Waals surface area contributed by atoms with Crippen LogP contribution in [0.15, 0.2) is 18.2 Å². The largest absolute Gasteiger partial charge is 0.483 e. The van der Waals surface area contributed by atoms with Crippen molar-refractivity contribution in [2.24, 2.45) is 5.92 Å². The lowest BCUT2D eigenvalue weighted by Crippen LogP contribution is -2.45. The van der Waals surface area contributed by atoms with E-state index in [9.17, 15) is 19.2 Å². The van der Waals surface area contributed by atoms with Gasteiger partial charge in [-0.15, -0.1) is 0 Å². The molecule has 2 N–H and O–H groups in total. The van der Waals surface area contributed by atoms with Crippen LogP contribution in [0.5, 0.6) is 0 Å². The number of amides is 4. The molecular formula is C20H27N3O6. The zero-order valence-electron chi connectivity index (χ0n) is 16.8. The van der Waals surface area contributed by atoms with Crippen molar-refractivity contribution < 1.29 is 29.1 Å². The number of hydrogen-bond donors (Lipinski definition) is 2. The summed E-state index contributed by atoms with van der Waals surface area (Å²) in [6, 6.07) is 5.24. The van der Waals surface area contributed by atoms with Gasteiger partial charge in [0.05, 0.1) is 0 Å². The van der Waals surface area contributed by atoms with Gasteiger partial charge in [-0.25, -0.2) is 0 Å². The summed E-state index contributed by atoms with van der Waals surface area (Å²) < 4.78 is 0. The van der Waals surface area contributed by atoms with Crippen molar-refractivity contribution in [3.05, 3.63) is 29.3 Å². The van der Waals surface area contributed by atoms with Gasteiger partial charge in [-0.05, 0) is 43.9 Å². The van der Waals surface area contributed by atoms with Crippen molar-refractivity contribution in [3.8, 4) is 0 Å². The molecule has 4 amide bonds. The molecule has 2 rings (SSSR count). The number of carboxylic acid groups (broad SMARTS) is 1. The summed E-state index contributed by atoms with van der Waals surface area (Å²) in [5, 5.41) is 8.94. The molecule has 0 spiro atoms. The molecule has 29 heavy (non-hydrogen) atoms. The molecule has 0 saturated carbocycles. The van der Waals surface area contributed by atoms with Crippen molar-refractivity contribution in [1.29, 1.82) is 0 Å². The Hall–Kier alpha value is -3.23. The van der Waals surface area contributed by atoms with Crippen molar-refractivity contribution in [2.45, 2.75) is 39.7 Å². The van der Waals surface area contributed by atoms with E-state index in [-0.39, 0.29) is 25.2 Å². The molecule has 1 unspecified atom stereocenters. The Kier molecular flexibility index (Phi) is 9.50. The molecule has 1 aromatic carbocycles. The normalized spacial score (nSPS) is 13.8. The van der Waals surface area contributed by atoms with E-state index in [0.29, 0.717) is 24.3 Å². The number of carbonyl (C=O) groups is 5. The first kappa shape index (κ1) is 23.8. The molecule has 1 heterocycles. The van der Waals surface area contributed by atoms with Crippen LogP contribution in [0.1, 0.15) is 42.6 Å². The van der Waals surface area contributed by atoms with Gasteiger partial charge in [0.2, 0.25) is 18.7 Å². The number of nitrogens with one attached hydrogen (secondary N) is 1. The summed E-state index contributed by atoms with van der Waals surface area (Å²) in [7, 11) is 0. The highest BCUT2D eigenvalue weighted by atomic mass is 16.3. The predicted molar refractivity (Wildman–Crippen MR) is 106 cm³/mol. The lowest BCUT2D eigenvalue weighted by molar-refractivity contribution is -0.126. The van der Waals surface area contributed by atoms with Gasteiger partial charge < -0.3 is 10.0 Å². The second-order valence-corrected chi connectivity index (χ2v) is 7.01. The Labute approximate surface area is 169 Å². The average molecular weight is 405 g/mol. The first-order valence-electron chi connectivity index (χ1n) is 9.23. The zero-order valence-corrected chi connectivity index (χ0v) is 16.8. The van der Waals surface area contributed by atoms with E-state index >= 15 is 0 Å². The molecule has 1 fully saturated rings. The lowest BCUT2D eigenvalue weighted by atomic mass is 9.99. The summed E-state index contributed by atoms with van der Waals surface area (Å²) >= 11 is 0. The van der Waals surface area contributed by atoms with Crippen LogP contribution in [0, 0.1) is 12.8 Å². The minimum Gasteiger partial charge on any atom is -0.483 e. The topological polar surface area (TPSA) is 124 Å². The van der Waals surface area contributed by atoms with Crippen LogP contribution in [-0.2, 0) is 19.2 Å². The molecule has 1 aromatic rings. The van der Waals surface area contributed by atoms with Crippen LogP contribution in [0.2, 0.25) is 0 Å². The van der Waals surface area contributed by atoms with Crippen LogP contribution in [0.3, 0.4) is 0 Å². The van der Waals surface area contributed by atoms with Crippen LogP contribution >= 0.6 is 0 Å². The summed E-state index contributed by atoms with van der Waals surface area (Å²) in [5.74, 6) is -0.175. The summed E-state index contributed by atoms with van der Waals surface area (Å²) in [6.07, 6.45) is 1.17. The number of nitrogens with zero attached hydrogens (tertiary/aromatic N) is 2. The highest BCUT2D eigenvalue weighted by molar-refractivity contribution is 6.02. The van der Waals surface area contributed by atoms with Gasteiger partial charge in [-0.3, -0.25) is 34.2 Å². The average Bonchev–Trinajstić information content (AvgIpc) is 2.66. The third-order valence-electron chi connectivity index (χ3n) is 4.71. The van der Waals surface area contributed by atoms with Gasteiger partial charge in [0, 0.05) is 36.8 Å². The predicted octanol–water partition coefficient (Wildman–Crippen LogP) is 1.19. The SMILES string of the molecule is Cc1ccc(N2CC(C)C2)cc1C(=O)N(C=O)C(C)CCC(=O)NC=O.O=CO. The molecule has 0 aromatic heterocycles. The van der Waals surface area contributed by atoms with E-state index in [1.54, 1.807) is 6.92 Å². The van der Waals surface area contributed by atoms with E-state index in [4.69, 9.17) is 9.90 Å². The highest BCUT2D eigenvalue weighted by Gasteiger charge is 2.26. The maximum Gasteiger partial charge on any atom is 0.290 e. The number of carbonyl (C=O) groups excluding carboxylic acids is 4. The van der Waals surface area contributed by atoms with E-state index in [1.807, 2.05) is 30.4 Å². The molecule has 1 aliphatic heterocycles. The van der Waals surface area contributed by atoms with Gasteiger partial charge in [0.15, 0.2) is 0 Å². The van der Waals surface area contributed by atoms with E-state index in [2.05, 4.69) is 11.8 Å². The maximum atomic E-state index is 12.9. The van der Waals surface area contributed by atoms with Crippen molar-refractivity contribution in [2.75, 3.05) is 18.0 Å². The molecule has 0 bridgehead atoms. The van der Waals surface area contributed by atoms with Crippen molar-refractivity contribution in [1.82, 2.24) is 10.2 Å². The minimum atomic E-state index is -0.454. The monoisotopic (exact) mass is 405 g/mol. The summed E-state index contributed by atoms with van der Waals surface area (Å²) in [4.78, 5) is 57.7. The van der Waals surface area contributed by atoms with Crippen LogP contribution < -0.4 is 10.2 Å². The Balaban J connectivity index is 0.00000132. The Bertz CT molecular complexity index is 746. The Morgan fingerprint density at radius 3 is 2.45 bits per heavy atom. The number of anilines is 1. The third-order valence-corrected chi connectivity index (χ3v) is 4.71. The van der Waals surface area contributed by atoms with Crippen molar-refractivity contribution >= 4 is 36.8 Å². The fourth-order valence-electron chi connectivity index (χ4n) is 3.05. The van der Waals surface area contributed by atoms with Crippen LogP contribution in [-0.4, -0.2) is 60.2 Å². The van der Waals surface area contributed by atoms with E-state index in [0.717, 1.165) is 29.2 Å². The van der Waals surface area contributed by atoms with Crippen molar-refractivity contribution in [3.63, 3.8) is 0 Å². The van der Waals surface area contributed by atoms with Gasteiger partial charge in [0.1, 0.15) is 0 Å². The zero-order chi connectivity index (χ0) is 22.0. The smallest absolute Gasteiger partial charge is 0.290 e. The molecule has 0 radical (unpaired) electrons. The van der Waals surface area contributed by atoms with Crippen LogP contribution in [0.25, 0.3) is 0 Å². The van der Waals surface area contributed by atoms with E-state index < -0.39 is 11.9 Å². The van der Waals surface area contributed by atoms with Gasteiger partial charge in [-0.2, -0.15) is 0 Å². The quantitative estimate of drug-likeness (QED) is 0.623. The first-order valence-corrected chi connectivity index (χ1v) is 9.23. The number of hydrogen-bond acceptors (Lipinski definition) is 6. The number of imide groups is 2. The minimum absolute atomic E-state index is 0.0578. The lowest BCUT2D eigenvalue weighted by Gasteiger charge is -2.39. The highest BCUT2D eigenvalue weighted by Crippen LogP contribution is 2.27. The molecule has 1 saturated heterocycles. The Morgan fingerprint density at radius 2 is 1.93 bits per heavy atom. The molecule has 0 aliphatic carbocycles. The number of benzene rings is 1. The molecule has 1 atom stereocenters. The summed E-state index contributed by atoms with van der Waals surface area (Å²) in [5.41, 5.74) is 2.25. The fourth-order valence-corrected chi connectivity index (χ4v) is 3.05. The standard InChI is InChI=1S/C19H25N3O4.CH2O2/c1-13-9-21(10-13)16-6-4-14(2)17(8-16)19(26)22(12-24)15(3)5-7-18(25)20-11-23;2-1-3/h4,6,8,11-13,15H,5,7,9-10H2,1-3H3,(H,20,23,25);1H,(H,2,3). The fraction of sp³-hybridized carbons (Fsp3) is 0.450. The number of aryl methyl sites for hydroxylation is 1. The first-order chi connectivity index (χ1) is 13.8. The van der Waals surface area contributed by atoms with Gasteiger partial charge in [-0.1, -0.05) is 13.0 Å². The number of rotatable bonds is 8. The molecule has 158 valence electrons. The second-order valence-electron chi connectivity index (χ2n) is 7.01. The van der Waals surface area contributed by atoms with Gasteiger partial charge in [0.25, 0.3) is 12.4 Å². The van der Waals surface area contributed by atoms with Gasteiger partial charge >= 0.3 is 0 Å².